The molecule has 1 aliphatic rings. The van der Waals surface area contributed by atoms with Crippen LogP contribution in [0.4, 0.5) is 0 Å². The molecule has 4 nitrogen and oxygen atoms in total. The first-order valence-electron chi connectivity index (χ1n) is 10.2. The summed E-state index contributed by atoms with van der Waals surface area (Å²) in [5.41, 5.74) is 2.62. The number of carboxylic acid groups (broad SMARTS) is 1. The van der Waals surface area contributed by atoms with Gasteiger partial charge in [-0.3, -0.25) is 9.59 Å². The van der Waals surface area contributed by atoms with Crippen LogP contribution in [0.2, 0.25) is 0 Å². The maximum absolute atomic E-state index is 13.3. The summed E-state index contributed by atoms with van der Waals surface area (Å²) >= 11 is 0. The molecular weight excluding hydrogens is 376 g/mol. The van der Waals surface area contributed by atoms with Crippen molar-refractivity contribution < 1.29 is 19.4 Å². The van der Waals surface area contributed by atoms with E-state index in [2.05, 4.69) is 0 Å². The molecule has 0 heterocycles. The van der Waals surface area contributed by atoms with Gasteiger partial charge in [0.25, 0.3) is 0 Å². The van der Waals surface area contributed by atoms with Crippen molar-refractivity contribution in [2.75, 3.05) is 0 Å². The van der Waals surface area contributed by atoms with E-state index in [1.165, 1.54) is 0 Å². The van der Waals surface area contributed by atoms with Gasteiger partial charge in [-0.1, -0.05) is 91.0 Å². The third-order valence-corrected chi connectivity index (χ3v) is 6.04. The van der Waals surface area contributed by atoms with Crippen LogP contribution in [0.1, 0.15) is 41.6 Å². The summed E-state index contributed by atoms with van der Waals surface area (Å²) in [5, 5.41) is 10.0. The van der Waals surface area contributed by atoms with Crippen LogP contribution < -0.4 is 0 Å². The fourth-order valence-electron chi connectivity index (χ4n) is 4.57. The molecule has 152 valence electrons. The zero-order chi connectivity index (χ0) is 21.1. The minimum absolute atomic E-state index is 0.355. The van der Waals surface area contributed by atoms with Gasteiger partial charge in [-0.2, -0.15) is 0 Å². The number of hydrogen-bond donors (Lipinski definition) is 1. The van der Waals surface area contributed by atoms with E-state index in [4.69, 9.17) is 4.74 Å². The molecule has 1 aliphatic carbocycles. The zero-order valence-electron chi connectivity index (χ0n) is 16.7. The number of carbonyl (C=O) groups excluding carboxylic acids is 1. The Bertz CT molecular complexity index is 953. The minimum atomic E-state index is -0.891. The molecule has 30 heavy (non-hydrogen) atoms. The molecule has 0 amide bonds. The number of esters is 1. The highest BCUT2D eigenvalue weighted by atomic mass is 16.5. The Balaban J connectivity index is 1.68. The summed E-state index contributed by atoms with van der Waals surface area (Å²) in [5.74, 6) is -3.33. The second-order valence-corrected chi connectivity index (χ2v) is 7.75. The van der Waals surface area contributed by atoms with Gasteiger partial charge in [0, 0.05) is 11.8 Å². The second kappa shape index (κ2) is 8.54. The molecule has 0 spiro atoms. The molecule has 0 radical (unpaired) electrons. The summed E-state index contributed by atoms with van der Waals surface area (Å²) in [6, 6.07) is 28.4. The Morgan fingerprint density at radius 3 is 1.60 bits per heavy atom. The number of benzene rings is 3. The molecule has 1 saturated carbocycles. The van der Waals surface area contributed by atoms with Crippen molar-refractivity contribution in [1.29, 1.82) is 0 Å². The average molecular weight is 400 g/mol. The van der Waals surface area contributed by atoms with Crippen LogP contribution in [0.5, 0.6) is 0 Å². The maximum atomic E-state index is 13.3. The zero-order valence-corrected chi connectivity index (χ0v) is 16.7. The van der Waals surface area contributed by atoms with E-state index in [9.17, 15) is 14.7 Å². The van der Waals surface area contributed by atoms with Crippen molar-refractivity contribution in [3.8, 4) is 0 Å². The summed E-state index contributed by atoms with van der Waals surface area (Å²) in [7, 11) is 0. The van der Waals surface area contributed by atoms with E-state index >= 15 is 0 Å². The van der Waals surface area contributed by atoms with Crippen molar-refractivity contribution in [2.24, 2.45) is 11.8 Å². The Kier molecular flexibility index (Phi) is 5.66. The van der Waals surface area contributed by atoms with Crippen molar-refractivity contribution in [3.05, 3.63) is 108 Å². The predicted molar refractivity (Wildman–Crippen MR) is 114 cm³/mol. The first-order chi connectivity index (χ1) is 14.6. The van der Waals surface area contributed by atoms with Gasteiger partial charge < -0.3 is 9.84 Å². The topological polar surface area (TPSA) is 63.6 Å². The lowest BCUT2D eigenvalue weighted by Gasteiger charge is -2.49. The van der Waals surface area contributed by atoms with Crippen molar-refractivity contribution in [1.82, 2.24) is 0 Å². The molecule has 3 aromatic carbocycles. The lowest BCUT2D eigenvalue weighted by molar-refractivity contribution is -0.167. The van der Waals surface area contributed by atoms with Crippen molar-refractivity contribution in [3.63, 3.8) is 0 Å². The van der Waals surface area contributed by atoms with Gasteiger partial charge >= 0.3 is 11.9 Å². The Morgan fingerprint density at radius 2 is 1.17 bits per heavy atom. The highest BCUT2D eigenvalue weighted by Crippen LogP contribution is 2.58. The molecule has 5 atom stereocenters. The molecule has 0 saturated heterocycles. The maximum Gasteiger partial charge on any atom is 0.310 e. The van der Waals surface area contributed by atoms with E-state index in [1.807, 2.05) is 97.9 Å². The number of hydrogen-bond acceptors (Lipinski definition) is 3. The van der Waals surface area contributed by atoms with Gasteiger partial charge in [0.15, 0.2) is 0 Å². The third kappa shape index (κ3) is 3.73. The van der Waals surface area contributed by atoms with Crippen LogP contribution in [-0.2, 0) is 14.3 Å². The lowest BCUT2D eigenvalue weighted by Crippen LogP contribution is -2.51. The molecule has 4 rings (SSSR count). The van der Waals surface area contributed by atoms with E-state index in [0.29, 0.717) is 0 Å². The number of ether oxygens (including phenoxy) is 1. The van der Waals surface area contributed by atoms with Crippen LogP contribution >= 0.6 is 0 Å². The van der Waals surface area contributed by atoms with Gasteiger partial charge in [0.2, 0.25) is 0 Å². The van der Waals surface area contributed by atoms with Crippen LogP contribution in [0.15, 0.2) is 91.0 Å². The van der Waals surface area contributed by atoms with Crippen LogP contribution in [0.3, 0.4) is 0 Å². The summed E-state index contributed by atoms with van der Waals surface area (Å²) in [4.78, 5) is 25.5. The summed E-state index contributed by atoms with van der Waals surface area (Å²) in [6.07, 6.45) is -0.407. The molecule has 0 aromatic heterocycles. The normalized spacial score (nSPS) is 23.8. The largest absolute Gasteiger partial charge is 0.481 e. The lowest BCUT2D eigenvalue weighted by atomic mass is 9.52. The molecule has 0 aliphatic heterocycles. The summed E-state index contributed by atoms with van der Waals surface area (Å²) in [6.45, 7) is 1.84. The highest BCUT2D eigenvalue weighted by molar-refractivity contribution is 5.84. The Labute approximate surface area is 176 Å². The first kappa shape index (κ1) is 19.9. The molecule has 1 N–H and O–H groups in total. The number of carbonyl (C=O) groups is 2. The van der Waals surface area contributed by atoms with Crippen LogP contribution in [0.25, 0.3) is 0 Å². The quantitative estimate of drug-likeness (QED) is 0.579. The number of carboxylic acids is 1. The van der Waals surface area contributed by atoms with Crippen LogP contribution in [-0.4, -0.2) is 17.0 Å². The Hall–Kier alpha value is -3.40. The van der Waals surface area contributed by atoms with Crippen molar-refractivity contribution in [2.45, 2.75) is 24.9 Å². The molecule has 1 fully saturated rings. The van der Waals surface area contributed by atoms with E-state index in [-0.39, 0.29) is 5.97 Å². The van der Waals surface area contributed by atoms with E-state index in [0.717, 1.165) is 16.7 Å². The van der Waals surface area contributed by atoms with Gasteiger partial charge in [-0.05, 0) is 23.6 Å². The number of rotatable bonds is 6. The molecule has 3 unspecified atom stereocenters. The highest BCUT2D eigenvalue weighted by Gasteiger charge is 2.59. The van der Waals surface area contributed by atoms with Gasteiger partial charge in [0.1, 0.15) is 6.10 Å². The third-order valence-electron chi connectivity index (χ3n) is 6.04. The standard InChI is InChI=1S/C26H24O4/c1-17(18-11-5-2-6-12-18)30-26(29)24-21(19-13-7-3-8-14-19)23(25(27)28)22(24)20-15-9-4-10-16-20/h2-17,21-24H,1H3,(H,27,28)/t17-,21-,22?,23?,24?/m0/s1. The summed E-state index contributed by atoms with van der Waals surface area (Å²) < 4.78 is 5.84. The average Bonchev–Trinajstić information content (AvgIpc) is 2.75. The van der Waals surface area contributed by atoms with Gasteiger partial charge in [-0.25, -0.2) is 0 Å². The monoisotopic (exact) mass is 400 g/mol. The van der Waals surface area contributed by atoms with E-state index < -0.39 is 35.7 Å². The minimum Gasteiger partial charge on any atom is -0.481 e. The van der Waals surface area contributed by atoms with E-state index in [1.54, 1.807) is 0 Å². The molecule has 0 bridgehead atoms. The van der Waals surface area contributed by atoms with Crippen LogP contribution in [0, 0.1) is 11.8 Å². The molecule has 4 heteroatoms. The first-order valence-corrected chi connectivity index (χ1v) is 10.2. The SMILES string of the molecule is C[C@H](OC(=O)C1C(c2ccccc2)C(C(=O)O)[C@@H]1c1ccccc1)c1ccccc1. The molecular formula is C26H24O4. The van der Waals surface area contributed by atoms with Gasteiger partial charge in [0.05, 0.1) is 11.8 Å². The fraction of sp³-hybridized carbons (Fsp3) is 0.231. The smallest absolute Gasteiger partial charge is 0.310 e. The number of aliphatic carboxylic acids is 1. The fourth-order valence-corrected chi connectivity index (χ4v) is 4.57. The molecule has 3 aromatic rings. The Morgan fingerprint density at radius 1 is 0.733 bits per heavy atom. The van der Waals surface area contributed by atoms with Crippen molar-refractivity contribution >= 4 is 11.9 Å². The van der Waals surface area contributed by atoms with Gasteiger partial charge in [-0.15, -0.1) is 0 Å². The predicted octanol–water partition coefficient (Wildman–Crippen LogP) is 5.19. The second-order valence-electron chi connectivity index (χ2n) is 7.75.